The number of para-hydroxylation sites is 1. The number of piperazine rings is 1. The van der Waals surface area contributed by atoms with Crippen LogP contribution in [0.15, 0.2) is 42.5 Å². The summed E-state index contributed by atoms with van der Waals surface area (Å²) in [6.45, 7) is 10.2. The van der Waals surface area contributed by atoms with E-state index >= 15 is 0 Å². The largest absolute Gasteiger partial charge is 0.340 e. The zero-order valence-corrected chi connectivity index (χ0v) is 15.7. The third-order valence-corrected chi connectivity index (χ3v) is 5.79. The van der Waals surface area contributed by atoms with Crippen molar-refractivity contribution in [1.29, 1.82) is 0 Å². The van der Waals surface area contributed by atoms with Gasteiger partial charge >= 0.3 is 0 Å². The standard InChI is InChI=1S/C21H26ClN3/c1-2-23-9-11-24(12-10-23)13-14-25-20-6-4-3-5-17(20)15-18-7-8-19(22)16-21(18)25/h3-8,16H,2,9-15H2,1H3. The number of hydrogen-bond acceptors (Lipinski definition) is 3. The van der Waals surface area contributed by atoms with Gasteiger partial charge in [0.15, 0.2) is 0 Å². The fourth-order valence-electron chi connectivity index (χ4n) is 4.01. The average molecular weight is 356 g/mol. The molecule has 3 nitrogen and oxygen atoms in total. The van der Waals surface area contributed by atoms with Crippen molar-refractivity contribution in [1.82, 2.24) is 9.80 Å². The first-order valence-corrected chi connectivity index (χ1v) is 9.71. The summed E-state index contributed by atoms with van der Waals surface area (Å²) in [6, 6.07) is 15.1. The zero-order valence-electron chi connectivity index (χ0n) is 14.9. The summed E-state index contributed by atoms with van der Waals surface area (Å²) in [4.78, 5) is 7.58. The van der Waals surface area contributed by atoms with Crippen LogP contribution >= 0.6 is 11.6 Å². The minimum Gasteiger partial charge on any atom is -0.340 e. The van der Waals surface area contributed by atoms with Crippen molar-refractivity contribution in [2.75, 3.05) is 50.7 Å². The van der Waals surface area contributed by atoms with Gasteiger partial charge in [-0.3, -0.25) is 4.90 Å². The minimum atomic E-state index is 0.819. The van der Waals surface area contributed by atoms with Gasteiger partial charge in [0.25, 0.3) is 0 Å². The normalized spacial score (nSPS) is 18.1. The molecule has 1 saturated heterocycles. The Morgan fingerprint density at radius 3 is 2.36 bits per heavy atom. The molecule has 1 fully saturated rings. The van der Waals surface area contributed by atoms with E-state index in [1.807, 2.05) is 6.07 Å². The summed E-state index contributed by atoms with van der Waals surface area (Å²) in [5.74, 6) is 0. The van der Waals surface area contributed by atoms with Gasteiger partial charge in [-0.05, 0) is 35.9 Å². The van der Waals surface area contributed by atoms with E-state index in [0.717, 1.165) is 24.5 Å². The van der Waals surface area contributed by atoms with Gasteiger partial charge in [0.05, 0.1) is 0 Å². The van der Waals surface area contributed by atoms with Crippen LogP contribution < -0.4 is 4.90 Å². The Bertz CT molecular complexity index is 738. The van der Waals surface area contributed by atoms with Crippen molar-refractivity contribution >= 4 is 23.0 Å². The Hall–Kier alpha value is -1.55. The number of nitrogens with zero attached hydrogens (tertiary/aromatic N) is 3. The van der Waals surface area contributed by atoms with Crippen molar-refractivity contribution in [2.24, 2.45) is 0 Å². The lowest BCUT2D eigenvalue weighted by molar-refractivity contribution is 0.140. The first kappa shape index (κ1) is 16.9. The van der Waals surface area contributed by atoms with Gasteiger partial charge < -0.3 is 9.80 Å². The highest BCUT2D eigenvalue weighted by molar-refractivity contribution is 6.30. The highest BCUT2D eigenvalue weighted by Gasteiger charge is 2.23. The fraction of sp³-hybridized carbons (Fsp3) is 0.429. The van der Waals surface area contributed by atoms with Crippen LogP contribution in [0, 0.1) is 0 Å². The molecule has 2 aliphatic rings. The van der Waals surface area contributed by atoms with E-state index in [1.165, 1.54) is 55.2 Å². The summed E-state index contributed by atoms with van der Waals surface area (Å²) in [7, 11) is 0. The van der Waals surface area contributed by atoms with E-state index in [2.05, 4.69) is 58.0 Å². The monoisotopic (exact) mass is 355 g/mol. The number of hydrogen-bond donors (Lipinski definition) is 0. The van der Waals surface area contributed by atoms with Crippen LogP contribution in [0.2, 0.25) is 5.02 Å². The molecule has 2 aromatic carbocycles. The SMILES string of the molecule is CCN1CCN(CCN2c3ccccc3Cc3ccc(Cl)cc32)CC1. The van der Waals surface area contributed by atoms with Crippen LogP contribution in [0.25, 0.3) is 0 Å². The highest BCUT2D eigenvalue weighted by atomic mass is 35.5. The van der Waals surface area contributed by atoms with Gasteiger partial charge in [-0.15, -0.1) is 0 Å². The lowest BCUT2D eigenvalue weighted by Gasteiger charge is -2.38. The van der Waals surface area contributed by atoms with Crippen molar-refractivity contribution in [3.8, 4) is 0 Å². The maximum Gasteiger partial charge on any atom is 0.0462 e. The number of benzene rings is 2. The Morgan fingerprint density at radius 2 is 1.56 bits per heavy atom. The number of fused-ring (bicyclic) bond motifs is 2. The molecule has 0 N–H and O–H groups in total. The lowest BCUT2D eigenvalue weighted by Crippen LogP contribution is -2.48. The first-order valence-electron chi connectivity index (χ1n) is 9.33. The molecule has 0 bridgehead atoms. The molecule has 0 aliphatic carbocycles. The quantitative estimate of drug-likeness (QED) is 0.820. The highest BCUT2D eigenvalue weighted by Crippen LogP contribution is 2.39. The summed E-state index contributed by atoms with van der Waals surface area (Å²) >= 11 is 6.31. The van der Waals surface area contributed by atoms with E-state index in [-0.39, 0.29) is 0 Å². The summed E-state index contributed by atoms with van der Waals surface area (Å²) in [6.07, 6.45) is 0.994. The Balaban J connectivity index is 1.53. The van der Waals surface area contributed by atoms with Crippen molar-refractivity contribution in [2.45, 2.75) is 13.3 Å². The topological polar surface area (TPSA) is 9.72 Å². The second kappa shape index (κ2) is 7.36. The van der Waals surface area contributed by atoms with Crippen LogP contribution in [0.4, 0.5) is 11.4 Å². The van der Waals surface area contributed by atoms with Crippen molar-refractivity contribution in [3.63, 3.8) is 0 Å². The van der Waals surface area contributed by atoms with E-state index in [1.54, 1.807) is 0 Å². The van der Waals surface area contributed by atoms with E-state index < -0.39 is 0 Å². The minimum absolute atomic E-state index is 0.819. The third kappa shape index (κ3) is 3.55. The molecule has 0 aromatic heterocycles. The maximum absolute atomic E-state index is 6.31. The van der Waals surface area contributed by atoms with Gasteiger partial charge in [0.1, 0.15) is 0 Å². The Morgan fingerprint density at radius 1 is 0.840 bits per heavy atom. The summed E-state index contributed by atoms with van der Waals surface area (Å²) < 4.78 is 0. The number of anilines is 2. The van der Waals surface area contributed by atoms with Gasteiger partial charge in [-0.25, -0.2) is 0 Å². The summed E-state index contributed by atoms with van der Waals surface area (Å²) in [5, 5.41) is 0.819. The molecule has 0 amide bonds. The van der Waals surface area contributed by atoms with E-state index in [9.17, 15) is 0 Å². The molecule has 0 spiro atoms. The molecule has 132 valence electrons. The van der Waals surface area contributed by atoms with Gasteiger partial charge in [0, 0.05) is 62.1 Å². The fourth-order valence-corrected chi connectivity index (χ4v) is 4.17. The molecule has 0 unspecified atom stereocenters. The van der Waals surface area contributed by atoms with Crippen LogP contribution in [0.3, 0.4) is 0 Å². The second-order valence-electron chi connectivity index (χ2n) is 7.01. The third-order valence-electron chi connectivity index (χ3n) is 5.55. The van der Waals surface area contributed by atoms with E-state index in [0.29, 0.717) is 0 Å². The number of halogens is 1. The average Bonchev–Trinajstić information content (AvgIpc) is 2.66. The van der Waals surface area contributed by atoms with Crippen LogP contribution in [0.1, 0.15) is 18.1 Å². The number of likely N-dealkylation sites (N-methyl/N-ethyl adjacent to an activating group) is 1. The lowest BCUT2D eigenvalue weighted by atomic mass is 9.95. The molecule has 2 heterocycles. The van der Waals surface area contributed by atoms with Gasteiger partial charge in [0.2, 0.25) is 0 Å². The molecule has 4 rings (SSSR count). The van der Waals surface area contributed by atoms with E-state index in [4.69, 9.17) is 11.6 Å². The van der Waals surface area contributed by atoms with Crippen LogP contribution in [-0.4, -0.2) is 55.6 Å². The summed E-state index contributed by atoms with van der Waals surface area (Å²) in [5.41, 5.74) is 5.40. The molecule has 2 aromatic rings. The Labute approximate surface area is 155 Å². The molecule has 2 aliphatic heterocycles. The molecule has 0 saturated carbocycles. The predicted molar refractivity (Wildman–Crippen MR) is 106 cm³/mol. The first-order chi connectivity index (χ1) is 12.2. The molecule has 0 radical (unpaired) electrons. The molecular weight excluding hydrogens is 330 g/mol. The van der Waals surface area contributed by atoms with Crippen molar-refractivity contribution < 1.29 is 0 Å². The van der Waals surface area contributed by atoms with Gasteiger partial charge in [-0.2, -0.15) is 0 Å². The molecule has 25 heavy (non-hydrogen) atoms. The molecule has 0 atom stereocenters. The second-order valence-corrected chi connectivity index (χ2v) is 7.44. The van der Waals surface area contributed by atoms with Crippen molar-refractivity contribution in [3.05, 3.63) is 58.6 Å². The Kier molecular flexibility index (Phi) is 4.98. The van der Waals surface area contributed by atoms with Crippen LogP contribution in [-0.2, 0) is 6.42 Å². The van der Waals surface area contributed by atoms with Crippen LogP contribution in [0.5, 0.6) is 0 Å². The number of rotatable bonds is 4. The molecule has 4 heteroatoms. The smallest absolute Gasteiger partial charge is 0.0462 e. The van der Waals surface area contributed by atoms with Gasteiger partial charge in [-0.1, -0.05) is 42.8 Å². The maximum atomic E-state index is 6.31. The molecular formula is C21H26ClN3. The zero-order chi connectivity index (χ0) is 17.2. The predicted octanol–water partition coefficient (Wildman–Crippen LogP) is 4.02.